The van der Waals surface area contributed by atoms with Gasteiger partial charge in [0.2, 0.25) is 0 Å². The summed E-state index contributed by atoms with van der Waals surface area (Å²) in [7, 11) is -10.5. The van der Waals surface area contributed by atoms with E-state index in [-0.39, 0.29) is 17.0 Å². The standard InChI is InChI=1S/C17H20N6O11P2/c24-12-10(6-32-36(30,31)34-35(27,28)29)33-16(13(12)25)23-8-20-11-14(18-7-19-15(11)23)22-17(26)21-9-4-2-1-3-5-9/h1-5,7-8,10,12-13,16,24-25H,6H2,(H,30,31)(H2,27,28,29)(H2,18,19,21,22,26)/t10-,12-,13-,16-/m1/s1. The van der Waals surface area contributed by atoms with Crippen molar-refractivity contribution in [3.63, 3.8) is 0 Å². The number of phosphoric ester groups is 1. The number of urea groups is 1. The quantitative estimate of drug-likeness (QED) is 0.188. The second-order valence-corrected chi connectivity index (χ2v) is 10.2. The molecule has 17 nitrogen and oxygen atoms in total. The molecule has 1 aromatic carbocycles. The van der Waals surface area contributed by atoms with Gasteiger partial charge in [0, 0.05) is 5.69 Å². The van der Waals surface area contributed by atoms with Crippen molar-refractivity contribution in [3.8, 4) is 0 Å². The number of para-hydroxylation sites is 1. The molecule has 1 aliphatic rings. The van der Waals surface area contributed by atoms with E-state index in [1.165, 1.54) is 10.9 Å². The normalized spacial score (nSPS) is 23.9. The van der Waals surface area contributed by atoms with E-state index < -0.39 is 52.8 Å². The molecule has 0 aliphatic carbocycles. The lowest BCUT2D eigenvalue weighted by molar-refractivity contribution is -0.0503. The monoisotopic (exact) mass is 546 g/mol. The van der Waals surface area contributed by atoms with Gasteiger partial charge in [-0.15, -0.1) is 0 Å². The Kier molecular flexibility index (Phi) is 7.49. The number of hydrogen-bond donors (Lipinski definition) is 7. The van der Waals surface area contributed by atoms with Crippen LogP contribution in [0.1, 0.15) is 6.23 Å². The molecule has 36 heavy (non-hydrogen) atoms. The first kappa shape index (κ1) is 26.2. The van der Waals surface area contributed by atoms with Crippen LogP contribution in [0, 0.1) is 0 Å². The molecule has 4 rings (SSSR count). The summed E-state index contributed by atoms with van der Waals surface area (Å²) < 4.78 is 37.3. The SMILES string of the molecule is O=C(Nc1ccccc1)Nc1ncnc2c1ncn2[C@@H]1O[C@H](COP(=O)(O)OP(=O)(O)O)[C@@H](O)[C@H]1O. The molecule has 19 heteroatoms. The summed E-state index contributed by atoms with van der Waals surface area (Å²) in [5.41, 5.74) is 0.769. The van der Waals surface area contributed by atoms with E-state index in [0.29, 0.717) is 5.69 Å². The molecule has 0 radical (unpaired) electrons. The number of phosphoric acid groups is 2. The molecular formula is C17H20N6O11P2. The van der Waals surface area contributed by atoms with Crippen LogP contribution >= 0.6 is 15.6 Å². The van der Waals surface area contributed by atoms with E-state index in [1.807, 2.05) is 0 Å². The van der Waals surface area contributed by atoms with Crippen LogP contribution in [-0.2, 0) is 22.7 Å². The smallest absolute Gasteiger partial charge is 0.387 e. The number of amides is 2. The highest BCUT2D eigenvalue weighted by molar-refractivity contribution is 7.60. The number of imidazole rings is 1. The first-order chi connectivity index (χ1) is 16.9. The number of hydrogen-bond acceptors (Lipinski definition) is 11. The van der Waals surface area contributed by atoms with E-state index in [1.54, 1.807) is 30.3 Å². The third kappa shape index (κ3) is 6.11. The van der Waals surface area contributed by atoms with Gasteiger partial charge in [0.1, 0.15) is 24.6 Å². The molecule has 3 heterocycles. The number of anilines is 2. The van der Waals surface area contributed by atoms with Gasteiger partial charge in [-0.1, -0.05) is 18.2 Å². The van der Waals surface area contributed by atoms with Crippen molar-refractivity contribution < 1.29 is 52.4 Å². The van der Waals surface area contributed by atoms with Crippen molar-refractivity contribution in [1.29, 1.82) is 0 Å². The minimum atomic E-state index is -5.34. The molecule has 0 bridgehead atoms. The highest BCUT2D eigenvalue weighted by atomic mass is 31.3. The lowest BCUT2D eigenvalue weighted by Crippen LogP contribution is -2.33. The minimum Gasteiger partial charge on any atom is -0.387 e. The number of carbonyl (C=O) groups is 1. The fourth-order valence-corrected chi connectivity index (χ4v) is 4.94. The van der Waals surface area contributed by atoms with Crippen molar-refractivity contribution in [2.75, 3.05) is 17.2 Å². The first-order valence-electron chi connectivity index (χ1n) is 10.00. The number of aromatic nitrogens is 4. The zero-order chi connectivity index (χ0) is 26.1. The predicted octanol–water partition coefficient (Wildman–Crippen LogP) is 0.316. The van der Waals surface area contributed by atoms with Crippen molar-refractivity contribution in [3.05, 3.63) is 43.0 Å². The Balaban J connectivity index is 1.48. The number of aliphatic hydroxyl groups is 2. The minimum absolute atomic E-state index is 0.0379. The van der Waals surface area contributed by atoms with Gasteiger partial charge in [0.05, 0.1) is 12.9 Å². The van der Waals surface area contributed by atoms with Crippen molar-refractivity contribution in [2.24, 2.45) is 0 Å². The molecule has 0 saturated carbocycles. The van der Waals surface area contributed by atoms with E-state index in [2.05, 4.69) is 34.4 Å². The Labute approximate surface area is 201 Å². The molecule has 2 aromatic heterocycles. The summed E-state index contributed by atoms with van der Waals surface area (Å²) in [4.78, 5) is 51.3. The maximum absolute atomic E-state index is 12.3. The van der Waals surface area contributed by atoms with Crippen LogP contribution < -0.4 is 10.6 Å². The van der Waals surface area contributed by atoms with Gasteiger partial charge in [0.15, 0.2) is 23.2 Å². The van der Waals surface area contributed by atoms with Crippen molar-refractivity contribution in [1.82, 2.24) is 19.5 Å². The van der Waals surface area contributed by atoms with Gasteiger partial charge in [-0.25, -0.2) is 28.9 Å². The van der Waals surface area contributed by atoms with Gasteiger partial charge in [0.25, 0.3) is 0 Å². The Morgan fingerprint density at radius 1 is 1.06 bits per heavy atom. The summed E-state index contributed by atoms with van der Waals surface area (Å²) in [6.07, 6.45) is -3.61. The number of carbonyl (C=O) groups excluding carboxylic acids is 1. The fourth-order valence-electron chi connectivity index (χ4n) is 3.34. The molecular weight excluding hydrogens is 526 g/mol. The Morgan fingerprint density at radius 3 is 2.47 bits per heavy atom. The van der Waals surface area contributed by atoms with Gasteiger partial charge >= 0.3 is 21.7 Å². The fraction of sp³-hybridized carbons (Fsp3) is 0.294. The zero-order valence-corrected chi connectivity index (χ0v) is 19.7. The second kappa shape index (κ2) is 10.3. The third-order valence-electron chi connectivity index (χ3n) is 4.85. The molecule has 194 valence electrons. The number of benzene rings is 1. The number of nitrogens with one attached hydrogen (secondary N) is 2. The Bertz CT molecular complexity index is 1340. The van der Waals surface area contributed by atoms with Crippen LogP contribution in [0.3, 0.4) is 0 Å². The summed E-state index contributed by atoms with van der Waals surface area (Å²) in [5, 5.41) is 25.9. The van der Waals surface area contributed by atoms with E-state index in [4.69, 9.17) is 14.5 Å². The third-order valence-corrected chi connectivity index (χ3v) is 7.00. The second-order valence-electron chi connectivity index (χ2n) is 7.37. The van der Waals surface area contributed by atoms with Crippen LogP contribution in [0.5, 0.6) is 0 Å². The molecule has 5 atom stereocenters. The summed E-state index contributed by atoms with van der Waals surface area (Å²) >= 11 is 0. The molecule has 1 saturated heterocycles. The van der Waals surface area contributed by atoms with E-state index >= 15 is 0 Å². The predicted molar refractivity (Wildman–Crippen MR) is 119 cm³/mol. The highest BCUT2D eigenvalue weighted by Crippen LogP contribution is 2.57. The Morgan fingerprint density at radius 2 is 1.78 bits per heavy atom. The number of ether oxygens (including phenoxy) is 1. The molecule has 1 fully saturated rings. The van der Waals surface area contributed by atoms with Crippen molar-refractivity contribution >= 4 is 44.3 Å². The van der Waals surface area contributed by atoms with Gasteiger partial charge in [-0.3, -0.25) is 14.4 Å². The van der Waals surface area contributed by atoms with Crippen LogP contribution in [0.15, 0.2) is 43.0 Å². The molecule has 2 amide bonds. The molecule has 7 N–H and O–H groups in total. The van der Waals surface area contributed by atoms with Crippen LogP contribution in [0.4, 0.5) is 16.3 Å². The average Bonchev–Trinajstić information content (AvgIpc) is 3.33. The topological polar surface area (TPSA) is 248 Å². The number of aliphatic hydroxyl groups excluding tert-OH is 2. The zero-order valence-electron chi connectivity index (χ0n) is 17.9. The number of fused-ring (bicyclic) bond motifs is 1. The Hall–Kier alpha value is -2.82. The van der Waals surface area contributed by atoms with Crippen LogP contribution in [0.25, 0.3) is 11.2 Å². The lowest BCUT2D eigenvalue weighted by atomic mass is 10.1. The molecule has 1 aliphatic heterocycles. The van der Waals surface area contributed by atoms with Crippen LogP contribution in [0.2, 0.25) is 0 Å². The first-order valence-corrected chi connectivity index (χ1v) is 13.0. The number of nitrogens with zero attached hydrogens (tertiary/aromatic N) is 4. The van der Waals surface area contributed by atoms with Crippen LogP contribution in [-0.4, -0.2) is 75.4 Å². The number of rotatable bonds is 8. The summed E-state index contributed by atoms with van der Waals surface area (Å²) in [6.45, 7) is -0.865. The summed E-state index contributed by atoms with van der Waals surface area (Å²) in [5.74, 6) is 0.0379. The molecule has 0 spiro atoms. The maximum atomic E-state index is 12.3. The van der Waals surface area contributed by atoms with Gasteiger partial charge < -0.3 is 34.9 Å². The van der Waals surface area contributed by atoms with E-state index in [0.717, 1.165) is 6.33 Å². The summed E-state index contributed by atoms with van der Waals surface area (Å²) in [6, 6.07) is 8.03. The van der Waals surface area contributed by atoms with Crippen molar-refractivity contribution in [2.45, 2.75) is 24.5 Å². The van der Waals surface area contributed by atoms with Gasteiger partial charge in [-0.2, -0.15) is 4.31 Å². The van der Waals surface area contributed by atoms with E-state index in [9.17, 15) is 29.0 Å². The average molecular weight is 546 g/mol. The molecule has 3 aromatic rings. The highest BCUT2D eigenvalue weighted by Gasteiger charge is 2.46. The lowest BCUT2D eigenvalue weighted by Gasteiger charge is -2.17. The molecule has 1 unspecified atom stereocenters. The largest absolute Gasteiger partial charge is 0.481 e. The van der Waals surface area contributed by atoms with Gasteiger partial charge in [-0.05, 0) is 12.1 Å². The maximum Gasteiger partial charge on any atom is 0.481 e.